The first kappa shape index (κ1) is 13.8. The molecule has 0 spiro atoms. The molecule has 0 amide bonds. The van der Waals surface area contributed by atoms with Crippen LogP contribution in [0.1, 0.15) is 5.56 Å². The molecule has 0 aliphatic rings. The average molecular weight is 305 g/mol. The Morgan fingerprint density at radius 3 is 2.43 bits per heavy atom. The molecule has 3 rings (SSSR count). The molecule has 5 heteroatoms. The summed E-state index contributed by atoms with van der Waals surface area (Å²) in [5.74, 6) is -1.35. The third-order valence-electron chi connectivity index (χ3n) is 3.24. The number of aromatic nitrogens is 2. The van der Waals surface area contributed by atoms with Crippen LogP contribution in [-0.2, 0) is 0 Å². The molecule has 0 radical (unpaired) electrons. The van der Waals surface area contributed by atoms with Gasteiger partial charge in [-0.25, -0.2) is 13.5 Å². The minimum atomic E-state index is -0.709. The fourth-order valence-electron chi connectivity index (χ4n) is 2.16. The van der Waals surface area contributed by atoms with Gasteiger partial charge in [0.25, 0.3) is 0 Å². The van der Waals surface area contributed by atoms with Gasteiger partial charge in [0.05, 0.1) is 5.69 Å². The highest BCUT2D eigenvalue weighted by atomic mass is 35.5. The third-order valence-corrected chi connectivity index (χ3v) is 3.68. The minimum Gasteiger partial charge on any atom is -0.218 e. The van der Waals surface area contributed by atoms with E-state index >= 15 is 0 Å². The van der Waals surface area contributed by atoms with Crippen molar-refractivity contribution < 1.29 is 8.78 Å². The molecular weight excluding hydrogens is 294 g/mol. The lowest BCUT2D eigenvalue weighted by Crippen LogP contribution is -2.00. The lowest BCUT2D eigenvalue weighted by molar-refractivity contribution is 0.574. The molecule has 0 aliphatic carbocycles. The molecule has 106 valence electrons. The maximum atomic E-state index is 13.9. The quantitative estimate of drug-likeness (QED) is 0.666. The van der Waals surface area contributed by atoms with Crippen molar-refractivity contribution in [2.24, 2.45) is 0 Å². The predicted octanol–water partition coefficient (Wildman–Crippen LogP) is 4.78. The smallest absolute Gasteiger partial charge is 0.151 e. The van der Waals surface area contributed by atoms with E-state index in [4.69, 9.17) is 11.6 Å². The van der Waals surface area contributed by atoms with E-state index in [0.717, 1.165) is 17.2 Å². The Balaban J connectivity index is 2.17. The summed E-state index contributed by atoms with van der Waals surface area (Å²) in [4.78, 5) is 0. The normalized spacial score (nSPS) is 10.9. The van der Waals surface area contributed by atoms with Crippen molar-refractivity contribution in [2.75, 3.05) is 0 Å². The van der Waals surface area contributed by atoms with Crippen molar-refractivity contribution in [3.63, 3.8) is 0 Å². The summed E-state index contributed by atoms with van der Waals surface area (Å²) in [6, 6.07) is 12.8. The Morgan fingerprint density at radius 2 is 1.76 bits per heavy atom. The van der Waals surface area contributed by atoms with Crippen molar-refractivity contribution in [1.29, 1.82) is 0 Å². The SMILES string of the molecule is Cc1c(-c2ccccc2)nn(-c2ccc(F)cc2F)c1Cl. The molecule has 2 nitrogen and oxygen atoms in total. The van der Waals surface area contributed by atoms with Crippen LogP contribution in [0.15, 0.2) is 48.5 Å². The maximum absolute atomic E-state index is 13.9. The highest BCUT2D eigenvalue weighted by molar-refractivity contribution is 6.31. The Labute approximate surface area is 125 Å². The summed E-state index contributed by atoms with van der Waals surface area (Å²) >= 11 is 6.25. The van der Waals surface area contributed by atoms with E-state index in [1.807, 2.05) is 37.3 Å². The largest absolute Gasteiger partial charge is 0.218 e. The van der Waals surface area contributed by atoms with Crippen LogP contribution in [0.4, 0.5) is 8.78 Å². The number of rotatable bonds is 2. The lowest BCUT2D eigenvalue weighted by atomic mass is 10.1. The first-order chi connectivity index (χ1) is 10.1. The van der Waals surface area contributed by atoms with Gasteiger partial charge in [0, 0.05) is 17.2 Å². The van der Waals surface area contributed by atoms with E-state index in [1.54, 1.807) is 0 Å². The van der Waals surface area contributed by atoms with Crippen molar-refractivity contribution in [1.82, 2.24) is 9.78 Å². The highest BCUT2D eigenvalue weighted by Gasteiger charge is 2.17. The standard InChI is InChI=1S/C16H11ClF2N2/c1-10-15(11-5-3-2-4-6-11)20-21(16(10)17)14-8-7-12(18)9-13(14)19/h2-9H,1H3. The Bertz CT molecular complexity index is 798. The average Bonchev–Trinajstić information content (AvgIpc) is 2.77. The van der Waals surface area contributed by atoms with Gasteiger partial charge in [-0.1, -0.05) is 41.9 Å². The molecule has 0 aliphatic heterocycles. The monoisotopic (exact) mass is 304 g/mol. The van der Waals surface area contributed by atoms with E-state index in [-0.39, 0.29) is 5.69 Å². The van der Waals surface area contributed by atoms with Crippen LogP contribution in [0.2, 0.25) is 5.15 Å². The topological polar surface area (TPSA) is 17.8 Å². The summed E-state index contributed by atoms with van der Waals surface area (Å²) in [5.41, 5.74) is 2.42. The number of hydrogen-bond donors (Lipinski definition) is 0. The first-order valence-electron chi connectivity index (χ1n) is 6.34. The molecule has 2 aromatic carbocycles. The Morgan fingerprint density at radius 1 is 1.05 bits per heavy atom. The molecule has 0 fully saturated rings. The summed E-state index contributed by atoms with van der Waals surface area (Å²) in [6.45, 7) is 1.82. The molecule has 1 aromatic heterocycles. The number of benzene rings is 2. The van der Waals surface area contributed by atoms with Crippen molar-refractivity contribution in [3.05, 3.63) is 70.9 Å². The fourth-order valence-corrected chi connectivity index (χ4v) is 2.38. The zero-order valence-corrected chi connectivity index (χ0v) is 11.9. The van der Waals surface area contributed by atoms with Crippen LogP contribution in [0.25, 0.3) is 16.9 Å². The van der Waals surface area contributed by atoms with Gasteiger partial charge in [-0.05, 0) is 19.1 Å². The van der Waals surface area contributed by atoms with Crippen molar-refractivity contribution >= 4 is 11.6 Å². The second-order valence-corrected chi connectivity index (χ2v) is 5.00. The van der Waals surface area contributed by atoms with Gasteiger partial charge in [0.15, 0.2) is 5.82 Å². The highest BCUT2D eigenvalue weighted by Crippen LogP contribution is 2.30. The van der Waals surface area contributed by atoms with Crippen molar-refractivity contribution in [3.8, 4) is 16.9 Å². The second kappa shape index (κ2) is 5.30. The molecule has 0 N–H and O–H groups in total. The van der Waals surface area contributed by atoms with Gasteiger partial charge in [0.2, 0.25) is 0 Å². The zero-order valence-electron chi connectivity index (χ0n) is 11.1. The molecule has 0 saturated carbocycles. The van der Waals surface area contributed by atoms with Gasteiger partial charge >= 0.3 is 0 Å². The summed E-state index contributed by atoms with van der Waals surface area (Å²) in [6.07, 6.45) is 0. The van der Waals surface area contributed by atoms with E-state index in [9.17, 15) is 8.78 Å². The number of hydrogen-bond acceptors (Lipinski definition) is 1. The van der Waals surface area contributed by atoms with Gasteiger partial charge in [-0.15, -0.1) is 0 Å². The number of halogens is 3. The van der Waals surface area contributed by atoms with Crippen molar-refractivity contribution in [2.45, 2.75) is 6.92 Å². The Kier molecular flexibility index (Phi) is 3.47. The van der Waals surface area contributed by atoms with Crippen LogP contribution in [0, 0.1) is 18.6 Å². The molecule has 1 heterocycles. The summed E-state index contributed by atoms with van der Waals surface area (Å²) in [5, 5.41) is 4.67. The van der Waals surface area contributed by atoms with E-state index in [2.05, 4.69) is 5.10 Å². The molecular formula is C16H11ClF2N2. The fraction of sp³-hybridized carbons (Fsp3) is 0.0625. The molecule has 0 atom stereocenters. The van der Waals surface area contributed by atoms with Crippen LogP contribution < -0.4 is 0 Å². The molecule has 21 heavy (non-hydrogen) atoms. The summed E-state index contributed by atoms with van der Waals surface area (Å²) < 4.78 is 28.2. The van der Waals surface area contributed by atoms with E-state index in [0.29, 0.717) is 10.8 Å². The molecule has 0 bridgehead atoms. The van der Waals surface area contributed by atoms with Crippen LogP contribution in [-0.4, -0.2) is 9.78 Å². The molecule has 0 unspecified atom stereocenters. The van der Waals surface area contributed by atoms with Gasteiger partial charge in [-0.3, -0.25) is 0 Å². The maximum Gasteiger partial charge on any atom is 0.151 e. The van der Waals surface area contributed by atoms with Crippen LogP contribution >= 0.6 is 11.6 Å². The summed E-state index contributed by atoms with van der Waals surface area (Å²) in [7, 11) is 0. The second-order valence-electron chi connectivity index (χ2n) is 4.64. The Hall–Kier alpha value is -2.20. The lowest BCUT2D eigenvalue weighted by Gasteiger charge is -2.04. The molecule has 3 aromatic rings. The van der Waals surface area contributed by atoms with E-state index in [1.165, 1.54) is 16.8 Å². The third kappa shape index (κ3) is 2.43. The molecule has 0 saturated heterocycles. The zero-order chi connectivity index (χ0) is 15.0. The van der Waals surface area contributed by atoms with Crippen LogP contribution in [0.5, 0.6) is 0 Å². The first-order valence-corrected chi connectivity index (χ1v) is 6.71. The number of nitrogens with zero attached hydrogens (tertiary/aromatic N) is 2. The predicted molar refractivity (Wildman–Crippen MR) is 78.7 cm³/mol. The minimum absolute atomic E-state index is 0.117. The van der Waals surface area contributed by atoms with Gasteiger partial charge < -0.3 is 0 Å². The van der Waals surface area contributed by atoms with Gasteiger partial charge in [0.1, 0.15) is 16.7 Å². The van der Waals surface area contributed by atoms with E-state index < -0.39 is 11.6 Å². The van der Waals surface area contributed by atoms with Gasteiger partial charge in [-0.2, -0.15) is 5.10 Å². The van der Waals surface area contributed by atoms with Crippen LogP contribution in [0.3, 0.4) is 0 Å².